The number of rotatable bonds is 12. The highest BCUT2D eigenvalue weighted by Crippen LogP contribution is 2.12. The Bertz CT molecular complexity index is 337. The summed E-state index contributed by atoms with van der Waals surface area (Å²) in [4.78, 5) is 0. The maximum Gasteiger partial charge on any atom is 0.115 e. The van der Waals surface area contributed by atoms with Gasteiger partial charge in [0.05, 0.1) is 0 Å². The molecular weight excluding hydrogens is 258 g/mol. The highest BCUT2D eigenvalue weighted by Gasteiger charge is 2.07. The molecule has 2 heteroatoms. The lowest BCUT2D eigenvalue weighted by Crippen LogP contribution is -2.31. The van der Waals surface area contributed by atoms with E-state index in [0.717, 1.165) is 13.0 Å². The molecule has 0 fully saturated rings. The third kappa shape index (κ3) is 8.77. The molecule has 120 valence electrons. The number of hydrogen-bond donors (Lipinski definition) is 2. The summed E-state index contributed by atoms with van der Waals surface area (Å²) in [5.74, 6) is 0.351. The van der Waals surface area contributed by atoms with Crippen molar-refractivity contribution in [2.75, 3.05) is 6.54 Å². The fourth-order valence-corrected chi connectivity index (χ4v) is 2.71. The molecule has 0 saturated heterocycles. The number of nitrogens with one attached hydrogen (secondary N) is 1. The van der Waals surface area contributed by atoms with Gasteiger partial charge in [-0.25, -0.2) is 0 Å². The molecule has 1 aromatic carbocycles. The van der Waals surface area contributed by atoms with Gasteiger partial charge in [-0.2, -0.15) is 0 Å². The average molecular weight is 291 g/mol. The van der Waals surface area contributed by atoms with Crippen LogP contribution in [0.4, 0.5) is 0 Å². The highest BCUT2D eigenvalue weighted by molar-refractivity contribution is 5.25. The molecule has 0 aliphatic rings. The first-order valence-corrected chi connectivity index (χ1v) is 8.77. The second-order valence-electron chi connectivity index (χ2n) is 6.06. The van der Waals surface area contributed by atoms with E-state index in [2.05, 4.69) is 19.2 Å². The maximum absolute atomic E-state index is 9.30. The predicted molar refractivity (Wildman–Crippen MR) is 91.9 cm³/mol. The Morgan fingerprint density at radius 1 is 0.905 bits per heavy atom. The predicted octanol–water partition coefficient (Wildman–Crippen LogP) is 5.05. The van der Waals surface area contributed by atoms with E-state index in [-0.39, 0.29) is 0 Å². The van der Waals surface area contributed by atoms with Crippen molar-refractivity contribution in [1.82, 2.24) is 5.32 Å². The molecule has 0 heterocycles. The average Bonchev–Trinajstić information content (AvgIpc) is 2.49. The summed E-state index contributed by atoms with van der Waals surface area (Å²) in [5.41, 5.74) is 1.29. The van der Waals surface area contributed by atoms with Crippen LogP contribution in [0.25, 0.3) is 0 Å². The van der Waals surface area contributed by atoms with Gasteiger partial charge in [0.25, 0.3) is 0 Å². The fourth-order valence-electron chi connectivity index (χ4n) is 2.71. The van der Waals surface area contributed by atoms with Crippen molar-refractivity contribution in [2.45, 2.75) is 77.7 Å². The second-order valence-corrected chi connectivity index (χ2v) is 6.06. The molecule has 0 aliphatic heterocycles. The number of phenolic OH excluding ortho intramolecular Hbond substituents is 1. The summed E-state index contributed by atoms with van der Waals surface area (Å²) >= 11 is 0. The van der Waals surface area contributed by atoms with Gasteiger partial charge in [0.15, 0.2) is 0 Å². The van der Waals surface area contributed by atoms with Crippen LogP contribution >= 0.6 is 0 Å². The van der Waals surface area contributed by atoms with E-state index in [9.17, 15) is 5.11 Å². The lowest BCUT2D eigenvalue weighted by Gasteiger charge is -2.19. The van der Waals surface area contributed by atoms with E-state index in [1.807, 2.05) is 12.1 Å². The molecule has 0 atom stereocenters. The molecule has 21 heavy (non-hydrogen) atoms. The monoisotopic (exact) mass is 291 g/mol. The summed E-state index contributed by atoms with van der Waals surface area (Å²) in [6.07, 6.45) is 11.7. The summed E-state index contributed by atoms with van der Waals surface area (Å²) in [6.45, 7) is 5.57. The SMILES string of the molecule is CCCCCC(CCCCC)NCCc1ccc(O)cc1. The zero-order valence-corrected chi connectivity index (χ0v) is 13.9. The van der Waals surface area contributed by atoms with Crippen LogP contribution in [0.5, 0.6) is 5.75 Å². The van der Waals surface area contributed by atoms with Crippen LogP contribution in [0.1, 0.15) is 70.8 Å². The minimum Gasteiger partial charge on any atom is -0.508 e. The van der Waals surface area contributed by atoms with Gasteiger partial charge in [-0.05, 0) is 43.5 Å². The van der Waals surface area contributed by atoms with E-state index < -0.39 is 0 Å². The van der Waals surface area contributed by atoms with Gasteiger partial charge in [0.1, 0.15) is 5.75 Å². The first-order valence-electron chi connectivity index (χ1n) is 8.77. The van der Waals surface area contributed by atoms with Gasteiger partial charge < -0.3 is 10.4 Å². The van der Waals surface area contributed by atoms with Crippen molar-refractivity contribution in [2.24, 2.45) is 0 Å². The Balaban J connectivity index is 2.27. The van der Waals surface area contributed by atoms with Gasteiger partial charge in [-0.15, -0.1) is 0 Å². The van der Waals surface area contributed by atoms with Gasteiger partial charge in [0, 0.05) is 6.04 Å². The van der Waals surface area contributed by atoms with Crippen LogP contribution in [0.3, 0.4) is 0 Å². The van der Waals surface area contributed by atoms with Crippen LogP contribution < -0.4 is 5.32 Å². The Morgan fingerprint density at radius 3 is 2.00 bits per heavy atom. The zero-order valence-electron chi connectivity index (χ0n) is 13.9. The van der Waals surface area contributed by atoms with Crippen LogP contribution in [-0.4, -0.2) is 17.7 Å². The maximum atomic E-state index is 9.30. The number of aromatic hydroxyl groups is 1. The topological polar surface area (TPSA) is 32.3 Å². The molecule has 0 amide bonds. The molecule has 0 unspecified atom stereocenters. The minimum absolute atomic E-state index is 0.351. The fraction of sp³-hybridized carbons (Fsp3) is 0.684. The summed E-state index contributed by atoms with van der Waals surface area (Å²) in [5, 5.41) is 13.0. The molecule has 0 saturated carbocycles. The first kappa shape index (κ1) is 18.0. The molecule has 0 aromatic heterocycles. The molecular formula is C19H33NO. The third-order valence-electron chi connectivity index (χ3n) is 4.10. The number of hydrogen-bond acceptors (Lipinski definition) is 2. The van der Waals surface area contributed by atoms with Crippen LogP contribution in [0, 0.1) is 0 Å². The normalized spacial score (nSPS) is 11.2. The van der Waals surface area contributed by atoms with Crippen LogP contribution in [-0.2, 0) is 6.42 Å². The molecule has 0 spiro atoms. The van der Waals surface area contributed by atoms with Crippen molar-refractivity contribution in [3.63, 3.8) is 0 Å². The number of phenols is 1. The van der Waals surface area contributed by atoms with E-state index in [1.54, 1.807) is 12.1 Å². The minimum atomic E-state index is 0.351. The summed E-state index contributed by atoms with van der Waals surface area (Å²) < 4.78 is 0. The van der Waals surface area contributed by atoms with E-state index in [4.69, 9.17) is 0 Å². The molecule has 1 aromatic rings. The van der Waals surface area contributed by atoms with Crippen molar-refractivity contribution >= 4 is 0 Å². The molecule has 0 bridgehead atoms. The van der Waals surface area contributed by atoms with Gasteiger partial charge >= 0.3 is 0 Å². The number of benzene rings is 1. The van der Waals surface area contributed by atoms with Crippen molar-refractivity contribution < 1.29 is 5.11 Å². The van der Waals surface area contributed by atoms with Crippen LogP contribution in [0.2, 0.25) is 0 Å². The van der Waals surface area contributed by atoms with Crippen molar-refractivity contribution in [1.29, 1.82) is 0 Å². The Morgan fingerprint density at radius 2 is 1.48 bits per heavy atom. The molecule has 2 nitrogen and oxygen atoms in total. The quantitative estimate of drug-likeness (QED) is 0.528. The summed E-state index contributed by atoms with van der Waals surface area (Å²) in [6, 6.07) is 8.26. The third-order valence-corrected chi connectivity index (χ3v) is 4.10. The Labute approximate surface area is 131 Å². The van der Waals surface area contributed by atoms with Gasteiger partial charge in [-0.3, -0.25) is 0 Å². The van der Waals surface area contributed by atoms with E-state index >= 15 is 0 Å². The van der Waals surface area contributed by atoms with Gasteiger partial charge in [-0.1, -0.05) is 64.5 Å². The molecule has 0 aliphatic carbocycles. The standard InChI is InChI=1S/C19H33NO/c1-3-5-7-9-18(10-8-6-4-2)20-16-15-17-11-13-19(21)14-12-17/h11-14,18,20-21H,3-10,15-16H2,1-2H3. The van der Waals surface area contributed by atoms with Crippen molar-refractivity contribution in [3.8, 4) is 5.75 Å². The lowest BCUT2D eigenvalue weighted by molar-refractivity contribution is 0.421. The second kappa shape index (κ2) is 11.6. The Kier molecular flexibility index (Phi) is 9.98. The molecule has 0 radical (unpaired) electrons. The van der Waals surface area contributed by atoms with Crippen molar-refractivity contribution in [3.05, 3.63) is 29.8 Å². The van der Waals surface area contributed by atoms with E-state index in [1.165, 1.54) is 56.9 Å². The van der Waals surface area contributed by atoms with Crippen LogP contribution in [0.15, 0.2) is 24.3 Å². The van der Waals surface area contributed by atoms with E-state index in [0.29, 0.717) is 11.8 Å². The molecule has 2 N–H and O–H groups in total. The Hall–Kier alpha value is -1.02. The highest BCUT2D eigenvalue weighted by atomic mass is 16.3. The first-order chi connectivity index (χ1) is 10.3. The summed E-state index contributed by atoms with van der Waals surface area (Å²) in [7, 11) is 0. The lowest BCUT2D eigenvalue weighted by atomic mass is 10.0. The zero-order chi connectivity index (χ0) is 15.3. The largest absolute Gasteiger partial charge is 0.508 e. The number of unbranched alkanes of at least 4 members (excludes halogenated alkanes) is 4. The molecule has 1 rings (SSSR count). The van der Waals surface area contributed by atoms with Gasteiger partial charge in [0.2, 0.25) is 0 Å². The smallest absolute Gasteiger partial charge is 0.115 e.